The molecule has 1 amide bonds. The Hall–Kier alpha value is -2.17. The molecule has 5 nitrogen and oxygen atoms in total. The summed E-state index contributed by atoms with van der Waals surface area (Å²) in [5, 5.41) is 7.10. The molecular formula is C15H20N4O. The van der Waals surface area contributed by atoms with Crippen LogP contribution in [0.5, 0.6) is 0 Å². The number of rotatable bonds is 6. The summed E-state index contributed by atoms with van der Waals surface area (Å²) in [6.07, 6.45) is 7.99. The quantitative estimate of drug-likeness (QED) is 0.877. The zero-order chi connectivity index (χ0) is 14.4. The maximum absolute atomic E-state index is 11.7. The van der Waals surface area contributed by atoms with Gasteiger partial charge in [-0.05, 0) is 18.1 Å². The Morgan fingerprint density at radius 1 is 1.45 bits per heavy atom. The van der Waals surface area contributed by atoms with Crippen molar-refractivity contribution in [3.63, 3.8) is 0 Å². The first kappa shape index (κ1) is 14.2. The summed E-state index contributed by atoms with van der Waals surface area (Å²) in [6.45, 7) is 2.58. The van der Waals surface area contributed by atoms with Crippen molar-refractivity contribution in [2.45, 2.75) is 32.7 Å². The van der Waals surface area contributed by atoms with Crippen LogP contribution in [-0.4, -0.2) is 20.7 Å². The first-order valence-electron chi connectivity index (χ1n) is 6.90. The zero-order valence-corrected chi connectivity index (χ0v) is 12.0. The number of amides is 1. The van der Waals surface area contributed by atoms with Crippen molar-refractivity contribution in [1.29, 1.82) is 0 Å². The molecule has 0 aliphatic heterocycles. The summed E-state index contributed by atoms with van der Waals surface area (Å²) in [4.78, 5) is 16.1. The Balaban J connectivity index is 2.07. The number of aromatic nitrogens is 3. The summed E-state index contributed by atoms with van der Waals surface area (Å²) in [6, 6.07) is 3.86. The number of carbonyl (C=O) groups excluding carboxylic acids is 1. The second kappa shape index (κ2) is 6.84. The van der Waals surface area contributed by atoms with Crippen molar-refractivity contribution < 1.29 is 4.79 Å². The van der Waals surface area contributed by atoms with E-state index in [9.17, 15) is 4.79 Å². The van der Waals surface area contributed by atoms with E-state index in [4.69, 9.17) is 0 Å². The SMILES string of the molecule is CCCCC(=O)NCc1cccnc1-c1cnn(C)c1. The van der Waals surface area contributed by atoms with Gasteiger partial charge in [0.05, 0.1) is 11.9 Å². The fourth-order valence-corrected chi connectivity index (χ4v) is 2.00. The molecule has 0 aromatic carbocycles. The van der Waals surface area contributed by atoms with Crippen LogP contribution in [-0.2, 0) is 18.4 Å². The van der Waals surface area contributed by atoms with Gasteiger partial charge in [0, 0.05) is 38.0 Å². The molecule has 0 spiro atoms. The molecular weight excluding hydrogens is 252 g/mol. The molecule has 0 aliphatic carbocycles. The average Bonchev–Trinajstić information content (AvgIpc) is 2.89. The van der Waals surface area contributed by atoms with Crippen molar-refractivity contribution in [3.05, 3.63) is 36.3 Å². The van der Waals surface area contributed by atoms with Gasteiger partial charge in [-0.1, -0.05) is 19.4 Å². The molecule has 2 rings (SSSR count). The van der Waals surface area contributed by atoms with Gasteiger partial charge in [-0.25, -0.2) is 0 Å². The molecule has 2 heterocycles. The molecule has 106 valence electrons. The van der Waals surface area contributed by atoms with Crippen LogP contribution in [0.1, 0.15) is 31.7 Å². The van der Waals surface area contributed by atoms with E-state index in [0.717, 1.165) is 29.7 Å². The molecule has 0 radical (unpaired) electrons. The molecule has 2 aromatic rings. The minimum absolute atomic E-state index is 0.0906. The Labute approximate surface area is 119 Å². The second-order valence-corrected chi connectivity index (χ2v) is 4.79. The average molecular weight is 272 g/mol. The van der Waals surface area contributed by atoms with E-state index in [0.29, 0.717) is 13.0 Å². The van der Waals surface area contributed by atoms with Crippen molar-refractivity contribution >= 4 is 5.91 Å². The molecule has 20 heavy (non-hydrogen) atoms. The molecule has 0 unspecified atom stereocenters. The highest BCUT2D eigenvalue weighted by molar-refractivity contribution is 5.76. The normalized spacial score (nSPS) is 10.5. The van der Waals surface area contributed by atoms with Gasteiger partial charge in [0.15, 0.2) is 0 Å². The first-order valence-corrected chi connectivity index (χ1v) is 6.90. The maximum Gasteiger partial charge on any atom is 0.220 e. The largest absolute Gasteiger partial charge is 0.352 e. The van der Waals surface area contributed by atoms with Crippen molar-refractivity contribution in [2.24, 2.45) is 7.05 Å². The van der Waals surface area contributed by atoms with Gasteiger partial charge < -0.3 is 5.32 Å². The minimum atomic E-state index is 0.0906. The second-order valence-electron chi connectivity index (χ2n) is 4.79. The first-order chi connectivity index (χ1) is 9.70. The highest BCUT2D eigenvalue weighted by Gasteiger charge is 2.09. The lowest BCUT2D eigenvalue weighted by Gasteiger charge is -2.08. The molecule has 5 heteroatoms. The predicted molar refractivity (Wildman–Crippen MR) is 77.8 cm³/mol. The molecule has 0 fully saturated rings. The molecule has 1 N–H and O–H groups in total. The summed E-state index contributed by atoms with van der Waals surface area (Å²) < 4.78 is 1.74. The van der Waals surface area contributed by atoms with Crippen LogP contribution in [0.25, 0.3) is 11.3 Å². The summed E-state index contributed by atoms with van der Waals surface area (Å²) >= 11 is 0. The maximum atomic E-state index is 11.7. The number of unbranched alkanes of at least 4 members (excludes halogenated alkanes) is 1. The molecule has 0 atom stereocenters. The van der Waals surface area contributed by atoms with Crippen LogP contribution in [0.3, 0.4) is 0 Å². The monoisotopic (exact) mass is 272 g/mol. The van der Waals surface area contributed by atoms with E-state index < -0.39 is 0 Å². The van der Waals surface area contributed by atoms with E-state index in [2.05, 4.69) is 22.3 Å². The summed E-state index contributed by atoms with van der Waals surface area (Å²) in [7, 11) is 1.87. The molecule has 0 bridgehead atoms. The number of hydrogen-bond donors (Lipinski definition) is 1. The molecule has 0 saturated carbocycles. The predicted octanol–water partition coefficient (Wildman–Crippen LogP) is 2.29. The fraction of sp³-hybridized carbons (Fsp3) is 0.400. The van der Waals surface area contributed by atoms with E-state index >= 15 is 0 Å². The van der Waals surface area contributed by atoms with E-state index in [-0.39, 0.29) is 5.91 Å². The van der Waals surface area contributed by atoms with Crippen molar-refractivity contribution in [3.8, 4) is 11.3 Å². The number of nitrogens with one attached hydrogen (secondary N) is 1. The Morgan fingerprint density at radius 2 is 2.30 bits per heavy atom. The third kappa shape index (κ3) is 3.66. The Kier molecular flexibility index (Phi) is 4.87. The van der Waals surface area contributed by atoms with Crippen LogP contribution in [0.15, 0.2) is 30.7 Å². The number of hydrogen-bond acceptors (Lipinski definition) is 3. The fourth-order valence-electron chi connectivity index (χ4n) is 2.00. The molecule has 0 saturated heterocycles. The van der Waals surface area contributed by atoms with Crippen molar-refractivity contribution in [2.75, 3.05) is 0 Å². The van der Waals surface area contributed by atoms with Crippen LogP contribution in [0, 0.1) is 0 Å². The lowest BCUT2D eigenvalue weighted by molar-refractivity contribution is -0.121. The van der Waals surface area contributed by atoms with Gasteiger partial charge in [-0.2, -0.15) is 5.10 Å². The lowest BCUT2D eigenvalue weighted by atomic mass is 10.1. The number of nitrogens with zero attached hydrogens (tertiary/aromatic N) is 3. The van der Waals surface area contributed by atoms with Gasteiger partial charge in [0.25, 0.3) is 0 Å². The number of pyridine rings is 1. The van der Waals surface area contributed by atoms with Gasteiger partial charge in [0.1, 0.15) is 0 Å². The van der Waals surface area contributed by atoms with Gasteiger partial charge >= 0.3 is 0 Å². The van der Waals surface area contributed by atoms with Crippen LogP contribution in [0.2, 0.25) is 0 Å². The summed E-state index contributed by atoms with van der Waals surface area (Å²) in [5.41, 5.74) is 2.84. The zero-order valence-electron chi connectivity index (χ0n) is 12.0. The third-order valence-electron chi connectivity index (χ3n) is 3.10. The van der Waals surface area contributed by atoms with Crippen molar-refractivity contribution in [1.82, 2.24) is 20.1 Å². The minimum Gasteiger partial charge on any atom is -0.352 e. The molecule has 2 aromatic heterocycles. The topological polar surface area (TPSA) is 59.8 Å². The van der Waals surface area contributed by atoms with E-state index in [1.54, 1.807) is 17.1 Å². The van der Waals surface area contributed by atoms with Gasteiger partial charge in [-0.15, -0.1) is 0 Å². The standard InChI is InChI=1S/C15H20N4O/c1-3-4-7-14(20)17-9-12-6-5-8-16-15(12)13-10-18-19(2)11-13/h5-6,8,10-11H,3-4,7,9H2,1-2H3,(H,17,20). The van der Waals surface area contributed by atoms with Gasteiger partial charge in [0.2, 0.25) is 5.91 Å². The third-order valence-corrected chi connectivity index (χ3v) is 3.10. The highest BCUT2D eigenvalue weighted by Crippen LogP contribution is 2.20. The number of carbonyl (C=O) groups is 1. The highest BCUT2D eigenvalue weighted by atomic mass is 16.1. The number of aryl methyl sites for hydroxylation is 1. The Bertz CT molecular complexity index is 577. The smallest absolute Gasteiger partial charge is 0.220 e. The van der Waals surface area contributed by atoms with Gasteiger partial charge in [-0.3, -0.25) is 14.5 Å². The van der Waals surface area contributed by atoms with Crippen LogP contribution < -0.4 is 5.32 Å². The molecule has 0 aliphatic rings. The van der Waals surface area contributed by atoms with E-state index in [1.807, 2.05) is 25.4 Å². The summed E-state index contributed by atoms with van der Waals surface area (Å²) in [5.74, 6) is 0.0906. The van der Waals surface area contributed by atoms with E-state index in [1.165, 1.54) is 0 Å². The Morgan fingerprint density at radius 3 is 3.00 bits per heavy atom. The van der Waals surface area contributed by atoms with Crippen LogP contribution >= 0.6 is 0 Å². The van der Waals surface area contributed by atoms with Crippen LogP contribution in [0.4, 0.5) is 0 Å². The lowest BCUT2D eigenvalue weighted by Crippen LogP contribution is -2.22.